The van der Waals surface area contributed by atoms with Crippen LogP contribution in [0, 0.1) is 17.6 Å². The smallest absolute Gasteiger partial charge is 0.190 e. The monoisotopic (exact) mass is 243 g/mol. The summed E-state index contributed by atoms with van der Waals surface area (Å²) in [4.78, 5) is 0. The molecule has 2 nitrogen and oxygen atoms in total. The van der Waals surface area contributed by atoms with Crippen LogP contribution in [0.25, 0.3) is 0 Å². The second-order valence-electron chi connectivity index (χ2n) is 4.35. The number of para-hydroxylation sites is 1. The molecule has 17 heavy (non-hydrogen) atoms. The van der Waals surface area contributed by atoms with Gasteiger partial charge in [0.25, 0.3) is 0 Å². The van der Waals surface area contributed by atoms with Crippen molar-refractivity contribution in [3.63, 3.8) is 0 Å². The average molecular weight is 243 g/mol. The van der Waals surface area contributed by atoms with E-state index in [1.165, 1.54) is 18.2 Å². The van der Waals surface area contributed by atoms with E-state index in [4.69, 9.17) is 4.74 Å². The van der Waals surface area contributed by atoms with E-state index in [0.29, 0.717) is 12.5 Å². The third kappa shape index (κ3) is 5.13. The van der Waals surface area contributed by atoms with Crippen molar-refractivity contribution in [3.8, 4) is 5.75 Å². The molecule has 1 aromatic carbocycles. The molecule has 0 bridgehead atoms. The Morgan fingerprint density at radius 3 is 2.47 bits per heavy atom. The van der Waals surface area contributed by atoms with Crippen LogP contribution < -0.4 is 10.1 Å². The van der Waals surface area contributed by atoms with E-state index in [0.717, 1.165) is 19.5 Å². The fraction of sp³-hybridized carbons (Fsp3) is 0.538. The summed E-state index contributed by atoms with van der Waals surface area (Å²) in [6.45, 7) is 6.28. The van der Waals surface area contributed by atoms with Crippen molar-refractivity contribution < 1.29 is 13.5 Å². The van der Waals surface area contributed by atoms with E-state index < -0.39 is 11.6 Å². The summed E-state index contributed by atoms with van der Waals surface area (Å²) < 4.78 is 31.4. The Balaban J connectivity index is 2.22. The molecule has 1 aromatic rings. The van der Waals surface area contributed by atoms with Gasteiger partial charge in [-0.3, -0.25) is 0 Å². The van der Waals surface area contributed by atoms with Crippen LogP contribution in [-0.4, -0.2) is 19.7 Å². The maximum absolute atomic E-state index is 13.2. The molecular weight excluding hydrogens is 224 g/mol. The molecule has 0 saturated heterocycles. The molecule has 0 fully saturated rings. The maximum Gasteiger partial charge on any atom is 0.190 e. The Morgan fingerprint density at radius 1 is 1.24 bits per heavy atom. The lowest BCUT2D eigenvalue weighted by Gasteiger charge is -2.09. The van der Waals surface area contributed by atoms with Crippen molar-refractivity contribution in [2.75, 3.05) is 19.7 Å². The molecule has 0 aliphatic rings. The second kappa shape index (κ2) is 7.22. The molecule has 4 heteroatoms. The van der Waals surface area contributed by atoms with Gasteiger partial charge in [-0.2, -0.15) is 0 Å². The maximum atomic E-state index is 13.2. The summed E-state index contributed by atoms with van der Waals surface area (Å²) in [5, 5.41) is 3.23. The first-order chi connectivity index (χ1) is 8.11. The summed E-state index contributed by atoms with van der Waals surface area (Å²) in [7, 11) is 0. The minimum Gasteiger partial charge on any atom is -0.488 e. The van der Waals surface area contributed by atoms with E-state index in [9.17, 15) is 8.78 Å². The van der Waals surface area contributed by atoms with Crippen LogP contribution >= 0.6 is 0 Å². The molecule has 0 spiro atoms. The van der Waals surface area contributed by atoms with Gasteiger partial charge in [0, 0.05) is 0 Å². The SMILES string of the molecule is CC(C)CNCCCOc1c(F)cccc1F. The Kier molecular flexibility index (Phi) is 5.91. The Labute approximate surface area is 101 Å². The van der Waals surface area contributed by atoms with Crippen molar-refractivity contribution in [2.45, 2.75) is 20.3 Å². The van der Waals surface area contributed by atoms with Crippen molar-refractivity contribution in [1.82, 2.24) is 5.32 Å². The molecule has 0 unspecified atom stereocenters. The molecule has 0 amide bonds. The zero-order valence-corrected chi connectivity index (χ0v) is 10.3. The van der Waals surface area contributed by atoms with Gasteiger partial charge in [-0.25, -0.2) is 8.78 Å². The summed E-state index contributed by atoms with van der Waals surface area (Å²) in [6, 6.07) is 3.70. The minimum atomic E-state index is -0.653. The predicted molar refractivity (Wildman–Crippen MR) is 64.2 cm³/mol. The fourth-order valence-electron chi connectivity index (χ4n) is 1.38. The second-order valence-corrected chi connectivity index (χ2v) is 4.35. The Hall–Kier alpha value is -1.16. The molecule has 96 valence electrons. The van der Waals surface area contributed by atoms with E-state index in [-0.39, 0.29) is 5.75 Å². The van der Waals surface area contributed by atoms with E-state index >= 15 is 0 Å². The zero-order chi connectivity index (χ0) is 12.7. The van der Waals surface area contributed by atoms with Gasteiger partial charge in [0.1, 0.15) is 0 Å². The summed E-state index contributed by atoms with van der Waals surface area (Å²) in [5.41, 5.74) is 0. The van der Waals surface area contributed by atoms with Gasteiger partial charge < -0.3 is 10.1 Å². The van der Waals surface area contributed by atoms with Crippen LogP contribution in [0.2, 0.25) is 0 Å². The van der Waals surface area contributed by atoms with Gasteiger partial charge in [0.05, 0.1) is 6.61 Å². The third-order valence-electron chi connectivity index (χ3n) is 2.22. The highest BCUT2D eigenvalue weighted by molar-refractivity contribution is 5.25. The summed E-state index contributed by atoms with van der Waals surface area (Å²) in [6.07, 6.45) is 0.723. The first-order valence-electron chi connectivity index (χ1n) is 5.88. The van der Waals surface area contributed by atoms with Crippen LogP contribution in [0.5, 0.6) is 5.75 Å². The highest BCUT2D eigenvalue weighted by Crippen LogP contribution is 2.20. The lowest BCUT2D eigenvalue weighted by molar-refractivity contribution is 0.277. The highest BCUT2D eigenvalue weighted by Gasteiger charge is 2.08. The van der Waals surface area contributed by atoms with E-state index in [2.05, 4.69) is 19.2 Å². The standard InChI is InChI=1S/C13H19F2NO/c1-10(2)9-16-7-4-8-17-13-11(14)5-3-6-12(13)15/h3,5-6,10,16H,4,7-9H2,1-2H3. The van der Waals surface area contributed by atoms with Gasteiger partial charge in [0.2, 0.25) is 0 Å². The van der Waals surface area contributed by atoms with E-state index in [1.54, 1.807) is 0 Å². The molecule has 0 radical (unpaired) electrons. The molecule has 0 heterocycles. The first kappa shape index (κ1) is 13.9. The lowest BCUT2D eigenvalue weighted by Crippen LogP contribution is -2.22. The van der Waals surface area contributed by atoms with Crippen molar-refractivity contribution in [1.29, 1.82) is 0 Å². The van der Waals surface area contributed by atoms with Crippen molar-refractivity contribution >= 4 is 0 Å². The number of nitrogens with one attached hydrogen (secondary N) is 1. The van der Waals surface area contributed by atoms with Crippen LogP contribution in [0.1, 0.15) is 20.3 Å². The van der Waals surface area contributed by atoms with Crippen LogP contribution in [-0.2, 0) is 0 Å². The Bertz CT molecular complexity index is 322. The number of halogens is 2. The Morgan fingerprint density at radius 2 is 1.88 bits per heavy atom. The number of hydrogen-bond acceptors (Lipinski definition) is 2. The summed E-state index contributed by atoms with van der Waals surface area (Å²) in [5.74, 6) is -0.989. The van der Waals surface area contributed by atoms with Crippen LogP contribution in [0.15, 0.2) is 18.2 Å². The molecule has 0 saturated carbocycles. The fourth-order valence-corrected chi connectivity index (χ4v) is 1.38. The van der Waals surface area contributed by atoms with Gasteiger partial charge in [-0.15, -0.1) is 0 Å². The molecule has 1 rings (SSSR count). The molecular formula is C13H19F2NO. The van der Waals surface area contributed by atoms with Gasteiger partial charge in [-0.05, 0) is 37.6 Å². The predicted octanol–water partition coefficient (Wildman–Crippen LogP) is 2.98. The lowest BCUT2D eigenvalue weighted by atomic mass is 10.2. The largest absolute Gasteiger partial charge is 0.488 e. The third-order valence-corrected chi connectivity index (χ3v) is 2.22. The molecule has 0 aliphatic heterocycles. The zero-order valence-electron chi connectivity index (χ0n) is 10.3. The first-order valence-corrected chi connectivity index (χ1v) is 5.88. The average Bonchev–Trinajstić information content (AvgIpc) is 2.26. The molecule has 0 aliphatic carbocycles. The molecule has 1 N–H and O–H groups in total. The van der Waals surface area contributed by atoms with Gasteiger partial charge in [-0.1, -0.05) is 19.9 Å². The normalized spacial score (nSPS) is 10.9. The van der Waals surface area contributed by atoms with Crippen LogP contribution in [0.3, 0.4) is 0 Å². The van der Waals surface area contributed by atoms with Crippen molar-refractivity contribution in [2.24, 2.45) is 5.92 Å². The highest BCUT2D eigenvalue weighted by atomic mass is 19.1. The van der Waals surface area contributed by atoms with E-state index in [1.807, 2.05) is 0 Å². The van der Waals surface area contributed by atoms with Crippen LogP contribution in [0.4, 0.5) is 8.78 Å². The topological polar surface area (TPSA) is 21.3 Å². The van der Waals surface area contributed by atoms with Gasteiger partial charge >= 0.3 is 0 Å². The molecule has 0 aromatic heterocycles. The van der Waals surface area contributed by atoms with Crippen molar-refractivity contribution in [3.05, 3.63) is 29.8 Å². The number of ether oxygens (including phenoxy) is 1. The molecule has 0 atom stereocenters. The number of hydrogen-bond donors (Lipinski definition) is 1. The number of benzene rings is 1. The summed E-state index contributed by atoms with van der Waals surface area (Å²) >= 11 is 0. The quantitative estimate of drug-likeness (QED) is 0.743. The minimum absolute atomic E-state index is 0.281. The number of rotatable bonds is 7. The van der Waals surface area contributed by atoms with Gasteiger partial charge in [0.15, 0.2) is 17.4 Å².